The standard InChI is InChI=1S/C22H17ClN6O/c23-16-5-1-4-15(21(24)30)20(16)18-8-9-19-22(26-18)27-28-29(19)12-13-6-7-17-14(11-13)3-2-10-25-17/h1-11,28H,12H2,(H2,24,30)(H,26,27). The smallest absolute Gasteiger partial charge is 0.249 e. The third kappa shape index (κ3) is 3.20. The maximum absolute atomic E-state index is 11.8. The minimum atomic E-state index is -0.548. The molecule has 1 aliphatic heterocycles. The van der Waals surface area contributed by atoms with E-state index >= 15 is 0 Å². The van der Waals surface area contributed by atoms with Crippen molar-refractivity contribution >= 4 is 39.9 Å². The number of fused-ring (bicyclic) bond motifs is 2. The number of hydrazine groups is 2. The van der Waals surface area contributed by atoms with Crippen molar-refractivity contribution in [2.24, 2.45) is 5.73 Å². The fourth-order valence-corrected chi connectivity index (χ4v) is 3.87. The van der Waals surface area contributed by atoms with E-state index in [-0.39, 0.29) is 0 Å². The Bertz CT molecular complexity index is 1290. The molecule has 0 saturated carbocycles. The molecule has 0 fully saturated rings. The van der Waals surface area contributed by atoms with Crippen molar-refractivity contribution in [2.45, 2.75) is 6.54 Å². The number of rotatable bonds is 4. The number of amides is 1. The number of aromatic nitrogens is 2. The van der Waals surface area contributed by atoms with Gasteiger partial charge >= 0.3 is 0 Å². The second-order valence-corrected chi connectivity index (χ2v) is 7.35. The van der Waals surface area contributed by atoms with Crippen LogP contribution in [0.25, 0.3) is 22.2 Å². The third-order valence-electron chi connectivity index (χ3n) is 5.02. The lowest BCUT2D eigenvalue weighted by atomic mass is 10.0. The predicted octanol–water partition coefficient (Wildman–Crippen LogP) is 3.90. The van der Waals surface area contributed by atoms with Crippen LogP contribution in [0.1, 0.15) is 15.9 Å². The number of benzene rings is 2. The second kappa shape index (κ2) is 7.29. The van der Waals surface area contributed by atoms with Gasteiger partial charge in [-0.05, 0) is 48.0 Å². The number of nitrogens with two attached hydrogens (primary N) is 1. The van der Waals surface area contributed by atoms with E-state index in [9.17, 15) is 4.79 Å². The van der Waals surface area contributed by atoms with Crippen molar-refractivity contribution in [3.05, 3.63) is 83.0 Å². The molecule has 0 bridgehead atoms. The number of primary amides is 1. The van der Waals surface area contributed by atoms with Gasteiger partial charge in [-0.25, -0.2) is 4.98 Å². The van der Waals surface area contributed by atoms with Gasteiger partial charge in [0.05, 0.1) is 28.5 Å². The lowest BCUT2D eigenvalue weighted by Gasteiger charge is -2.18. The number of hydrogen-bond donors (Lipinski definition) is 3. The van der Waals surface area contributed by atoms with Crippen LogP contribution in [-0.4, -0.2) is 15.9 Å². The summed E-state index contributed by atoms with van der Waals surface area (Å²) in [5.41, 5.74) is 16.1. The van der Waals surface area contributed by atoms with Gasteiger partial charge in [0.2, 0.25) is 5.91 Å². The summed E-state index contributed by atoms with van der Waals surface area (Å²) in [6.45, 7) is 0.629. The molecule has 3 heterocycles. The van der Waals surface area contributed by atoms with Crippen LogP contribution in [0, 0.1) is 0 Å². The molecular weight excluding hydrogens is 400 g/mol. The van der Waals surface area contributed by atoms with Gasteiger partial charge in [0, 0.05) is 22.7 Å². The zero-order valence-electron chi connectivity index (χ0n) is 15.8. The van der Waals surface area contributed by atoms with Crippen LogP contribution in [0.4, 0.5) is 11.5 Å². The Hall–Kier alpha value is -3.68. The summed E-state index contributed by atoms with van der Waals surface area (Å²) in [5, 5.41) is 3.48. The van der Waals surface area contributed by atoms with Gasteiger partial charge < -0.3 is 5.73 Å². The first kappa shape index (κ1) is 18.4. The van der Waals surface area contributed by atoms with Crippen LogP contribution in [0.5, 0.6) is 0 Å². The van der Waals surface area contributed by atoms with Gasteiger partial charge in [-0.15, -0.1) is 5.53 Å². The zero-order valence-corrected chi connectivity index (χ0v) is 16.5. The van der Waals surface area contributed by atoms with Crippen molar-refractivity contribution in [1.82, 2.24) is 15.5 Å². The summed E-state index contributed by atoms with van der Waals surface area (Å²) in [6, 6.07) is 19.0. The van der Waals surface area contributed by atoms with Gasteiger partial charge in [-0.3, -0.25) is 20.2 Å². The Morgan fingerprint density at radius 2 is 2.00 bits per heavy atom. The highest BCUT2D eigenvalue weighted by atomic mass is 35.5. The number of anilines is 2. The highest BCUT2D eigenvalue weighted by molar-refractivity contribution is 6.34. The molecule has 148 valence electrons. The predicted molar refractivity (Wildman–Crippen MR) is 118 cm³/mol. The van der Waals surface area contributed by atoms with Gasteiger partial charge in [-0.1, -0.05) is 29.8 Å². The van der Waals surface area contributed by atoms with Crippen LogP contribution >= 0.6 is 11.6 Å². The maximum atomic E-state index is 11.8. The van der Waals surface area contributed by atoms with E-state index in [0.717, 1.165) is 22.2 Å². The SMILES string of the molecule is NC(=O)c1cccc(Cl)c1-c1ccc2c(n1)NNN2Cc1ccc2ncccc2c1. The van der Waals surface area contributed by atoms with Crippen molar-refractivity contribution in [3.63, 3.8) is 0 Å². The normalized spacial score (nSPS) is 12.6. The Labute approximate surface area is 177 Å². The molecule has 0 spiro atoms. The van der Waals surface area contributed by atoms with Gasteiger partial charge in [0.15, 0.2) is 5.82 Å². The summed E-state index contributed by atoms with van der Waals surface area (Å²) in [4.78, 5) is 20.8. The van der Waals surface area contributed by atoms with Gasteiger partial charge in [-0.2, -0.15) is 0 Å². The van der Waals surface area contributed by atoms with Crippen molar-refractivity contribution in [2.75, 3.05) is 10.4 Å². The zero-order chi connectivity index (χ0) is 20.7. The Morgan fingerprint density at radius 1 is 1.10 bits per heavy atom. The molecule has 4 N–H and O–H groups in total. The fourth-order valence-electron chi connectivity index (χ4n) is 3.60. The van der Waals surface area contributed by atoms with Crippen LogP contribution in [-0.2, 0) is 6.54 Å². The van der Waals surface area contributed by atoms with E-state index in [1.165, 1.54) is 0 Å². The molecule has 0 radical (unpaired) electrons. The Balaban J connectivity index is 1.46. The number of nitrogens with one attached hydrogen (secondary N) is 2. The van der Waals surface area contributed by atoms with E-state index in [2.05, 4.69) is 33.1 Å². The lowest BCUT2D eigenvalue weighted by Crippen LogP contribution is -2.35. The van der Waals surface area contributed by atoms with Gasteiger partial charge in [0.1, 0.15) is 0 Å². The molecular formula is C22H17ClN6O. The van der Waals surface area contributed by atoms with Crippen LogP contribution < -0.4 is 21.7 Å². The van der Waals surface area contributed by atoms with E-state index in [0.29, 0.717) is 34.2 Å². The van der Waals surface area contributed by atoms with Crippen LogP contribution in [0.3, 0.4) is 0 Å². The summed E-state index contributed by atoms with van der Waals surface area (Å²) in [5.74, 6) is 0.0959. The molecule has 1 aliphatic rings. The Morgan fingerprint density at radius 3 is 2.87 bits per heavy atom. The van der Waals surface area contributed by atoms with Crippen LogP contribution in [0.15, 0.2) is 66.9 Å². The molecule has 30 heavy (non-hydrogen) atoms. The van der Waals surface area contributed by atoms with Crippen molar-refractivity contribution < 1.29 is 4.79 Å². The highest BCUT2D eigenvalue weighted by Gasteiger charge is 2.22. The molecule has 2 aromatic carbocycles. The topological polar surface area (TPSA) is 96.2 Å². The van der Waals surface area contributed by atoms with E-state index < -0.39 is 5.91 Å². The molecule has 0 unspecified atom stereocenters. The number of nitrogens with zero attached hydrogens (tertiary/aromatic N) is 3. The largest absolute Gasteiger partial charge is 0.366 e. The molecule has 2 aromatic heterocycles. The molecule has 7 nitrogen and oxygen atoms in total. The summed E-state index contributed by atoms with van der Waals surface area (Å²) in [7, 11) is 0. The molecule has 5 rings (SSSR count). The molecule has 0 saturated heterocycles. The molecule has 1 amide bonds. The van der Waals surface area contributed by atoms with Crippen molar-refractivity contribution in [1.29, 1.82) is 0 Å². The van der Waals surface area contributed by atoms with E-state index in [1.54, 1.807) is 24.4 Å². The number of halogens is 1. The second-order valence-electron chi connectivity index (χ2n) is 6.94. The van der Waals surface area contributed by atoms with E-state index in [1.807, 2.05) is 35.3 Å². The quantitative estimate of drug-likeness (QED) is 0.467. The lowest BCUT2D eigenvalue weighted by molar-refractivity contribution is 0.100. The Kier molecular flexibility index (Phi) is 4.46. The fraction of sp³-hybridized carbons (Fsp3) is 0.0455. The van der Waals surface area contributed by atoms with Gasteiger partial charge in [0.25, 0.3) is 0 Å². The number of pyridine rings is 2. The minimum absolute atomic E-state index is 0.336. The highest BCUT2D eigenvalue weighted by Crippen LogP contribution is 2.35. The molecule has 0 atom stereocenters. The monoisotopic (exact) mass is 416 g/mol. The summed E-state index contributed by atoms with van der Waals surface area (Å²) < 4.78 is 0. The summed E-state index contributed by atoms with van der Waals surface area (Å²) >= 11 is 6.34. The molecule has 4 aromatic rings. The average molecular weight is 417 g/mol. The first-order valence-corrected chi connectivity index (χ1v) is 9.70. The van der Waals surface area contributed by atoms with E-state index in [4.69, 9.17) is 17.3 Å². The minimum Gasteiger partial charge on any atom is -0.366 e. The average Bonchev–Trinajstić information content (AvgIpc) is 3.15. The molecule has 8 heteroatoms. The summed E-state index contributed by atoms with van der Waals surface area (Å²) in [6.07, 6.45) is 1.79. The number of hydrogen-bond acceptors (Lipinski definition) is 6. The number of carbonyl (C=O) groups is 1. The van der Waals surface area contributed by atoms with Crippen LogP contribution in [0.2, 0.25) is 5.02 Å². The first-order valence-electron chi connectivity index (χ1n) is 9.33. The maximum Gasteiger partial charge on any atom is 0.249 e. The third-order valence-corrected chi connectivity index (χ3v) is 5.33. The van der Waals surface area contributed by atoms with Crippen molar-refractivity contribution in [3.8, 4) is 11.3 Å². The number of carbonyl (C=O) groups excluding carboxylic acids is 1. The molecule has 0 aliphatic carbocycles. The first-order chi connectivity index (χ1) is 14.6.